The zero-order valence-electron chi connectivity index (χ0n) is 35.0. The predicted octanol–water partition coefficient (Wildman–Crippen LogP) is 7.35. The van der Waals surface area contributed by atoms with Crippen LogP contribution in [-0.2, 0) is 26.2 Å². The lowest BCUT2D eigenvalue weighted by molar-refractivity contribution is -0.144. The van der Waals surface area contributed by atoms with E-state index in [1.807, 2.05) is 19.1 Å². The van der Waals surface area contributed by atoms with Crippen molar-refractivity contribution in [3.8, 4) is 0 Å². The van der Waals surface area contributed by atoms with E-state index >= 15 is 0 Å². The summed E-state index contributed by atoms with van der Waals surface area (Å²) in [6.45, 7) is 25.6. The standard InChI is InChI=1S/C47H61N3O6/c1-24(2)37-40(54)35-34-28(31-23-43(5,6)56-44(7,8)36(31)39(34)53)22-29-30-21-27-14-15-32-45(9,17-12-13-25(3)42(55)49-20-19-48-26(4)51)33(52)16-18-46(32,10)47(27,11)41(30)50(37)38(29)35/h12-13,17,22-23,27,32-33,36-37,39,52-53H,1,14-16,18-21H2,2-11H3,(H,48,51)(H,49,55)/b17-12+,25-13+. The maximum absolute atomic E-state index is 14.9. The Hall–Kier alpha value is -3.79. The number of ether oxygens (including phenoxy) is 1. The number of rotatable bonds is 7. The van der Waals surface area contributed by atoms with Crippen LogP contribution in [0.15, 0.2) is 48.1 Å². The van der Waals surface area contributed by atoms with Gasteiger partial charge in [0.1, 0.15) is 6.04 Å². The van der Waals surface area contributed by atoms with Gasteiger partial charge in [-0.15, -0.1) is 0 Å². The van der Waals surface area contributed by atoms with Crippen molar-refractivity contribution in [1.82, 2.24) is 15.2 Å². The Morgan fingerprint density at radius 1 is 1.02 bits per heavy atom. The second kappa shape index (κ2) is 12.6. The molecule has 300 valence electrons. The minimum atomic E-state index is -0.868. The molecule has 2 fully saturated rings. The van der Waals surface area contributed by atoms with Crippen LogP contribution < -0.4 is 10.6 Å². The molecular formula is C47H61N3O6. The van der Waals surface area contributed by atoms with Crippen LogP contribution in [0.4, 0.5) is 0 Å². The predicted molar refractivity (Wildman–Crippen MR) is 219 cm³/mol. The van der Waals surface area contributed by atoms with E-state index in [2.05, 4.69) is 88.5 Å². The summed E-state index contributed by atoms with van der Waals surface area (Å²) >= 11 is 0. The molecule has 6 aliphatic rings. The van der Waals surface area contributed by atoms with E-state index in [4.69, 9.17) is 4.74 Å². The third-order valence-corrected chi connectivity index (χ3v) is 15.6. The third-order valence-electron chi connectivity index (χ3n) is 15.6. The molecule has 2 amide bonds. The number of aromatic nitrogens is 1. The van der Waals surface area contributed by atoms with Gasteiger partial charge in [0.15, 0.2) is 5.78 Å². The van der Waals surface area contributed by atoms with E-state index in [0.717, 1.165) is 58.9 Å². The minimum Gasteiger partial charge on any atom is -0.392 e. The smallest absolute Gasteiger partial charge is 0.246 e. The number of aliphatic hydroxyl groups excluding tert-OH is 2. The van der Waals surface area contributed by atoms with Crippen LogP contribution in [0.25, 0.3) is 16.5 Å². The summed E-state index contributed by atoms with van der Waals surface area (Å²) in [6, 6.07) is 1.75. The summed E-state index contributed by atoms with van der Waals surface area (Å²) in [5.41, 5.74) is 6.09. The average molecular weight is 764 g/mol. The van der Waals surface area contributed by atoms with E-state index in [1.165, 1.54) is 18.2 Å². The molecule has 9 unspecified atom stereocenters. The van der Waals surface area contributed by atoms with Gasteiger partial charge in [-0.3, -0.25) is 14.4 Å². The van der Waals surface area contributed by atoms with Crippen molar-refractivity contribution in [3.05, 3.63) is 76.0 Å². The topological polar surface area (TPSA) is 130 Å². The fourth-order valence-electron chi connectivity index (χ4n) is 13.1. The van der Waals surface area contributed by atoms with Crippen LogP contribution in [0.5, 0.6) is 0 Å². The third kappa shape index (κ3) is 5.18. The first-order valence-electron chi connectivity index (χ1n) is 20.7. The quantitative estimate of drug-likeness (QED) is 0.101. The molecule has 0 saturated heterocycles. The number of carbonyl (C=O) groups is 3. The molecule has 9 nitrogen and oxygen atoms in total. The van der Waals surface area contributed by atoms with Gasteiger partial charge >= 0.3 is 0 Å². The number of amides is 2. The molecule has 2 saturated carbocycles. The highest BCUT2D eigenvalue weighted by Gasteiger charge is 2.67. The second-order valence-electron chi connectivity index (χ2n) is 19.8. The van der Waals surface area contributed by atoms with E-state index in [-0.39, 0.29) is 40.3 Å². The largest absolute Gasteiger partial charge is 0.392 e. The molecule has 1 aromatic heterocycles. The van der Waals surface area contributed by atoms with Gasteiger partial charge in [-0.2, -0.15) is 0 Å². The number of carbonyl (C=O) groups excluding carboxylic acids is 3. The monoisotopic (exact) mass is 763 g/mol. The highest BCUT2D eigenvalue weighted by Crippen LogP contribution is 2.71. The van der Waals surface area contributed by atoms with Gasteiger partial charge in [0.05, 0.1) is 34.5 Å². The Kier molecular flexibility index (Phi) is 8.79. The molecule has 4 N–H and O–H groups in total. The van der Waals surface area contributed by atoms with E-state index < -0.39 is 34.9 Å². The van der Waals surface area contributed by atoms with Crippen molar-refractivity contribution in [3.63, 3.8) is 0 Å². The Balaban J connectivity index is 1.23. The second-order valence-corrected chi connectivity index (χ2v) is 19.8. The SMILES string of the molecule is C=C(C)C1C(=O)c2c3c(cc4c5c(n1c24)C1(C)C(CCC2C(C)(/C=C/C=C(\C)C(=O)NCCNC(C)=O)C(O)CCC21C)C5)C1=CC(C)(C)OC(C)(C)C1C3O. The maximum Gasteiger partial charge on any atom is 0.246 e. The summed E-state index contributed by atoms with van der Waals surface area (Å²) in [4.78, 5) is 38.9. The molecule has 3 heterocycles. The lowest BCUT2D eigenvalue weighted by atomic mass is 9.40. The summed E-state index contributed by atoms with van der Waals surface area (Å²) in [7, 11) is 0. The fourth-order valence-corrected chi connectivity index (χ4v) is 13.1. The molecule has 0 bridgehead atoms. The summed E-state index contributed by atoms with van der Waals surface area (Å²) < 4.78 is 8.89. The molecule has 0 radical (unpaired) electrons. The van der Waals surface area contributed by atoms with E-state index in [9.17, 15) is 24.6 Å². The Labute approximate surface area is 331 Å². The highest BCUT2D eigenvalue weighted by atomic mass is 16.5. The van der Waals surface area contributed by atoms with Gasteiger partial charge in [-0.25, -0.2) is 0 Å². The van der Waals surface area contributed by atoms with Gasteiger partial charge in [0.2, 0.25) is 11.8 Å². The number of hydrogen-bond acceptors (Lipinski definition) is 6. The van der Waals surface area contributed by atoms with Gasteiger partial charge < -0.3 is 30.2 Å². The zero-order valence-corrected chi connectivity index (χ0v) is 35.0. The van der Waals surface area contributed by atoms with Crippen LogP contribution in [0, 0.1) is 28.6 Å². The van der Waals surface area contributed by atoms with Crippen molar-refractivity contribution in [2.45, 2.75) is 136 Å². The van der Waals surface area contributed by atoms with Crippen molar-refractivity contribution in [2.24, 2.45) is 28.6 Å². The molecule has 1 aromatic carbocycles. The minimum absolute atomic E-state index is 0.0196. The molecule has 8 rings (SSSR count). The number of aliphatic hydroxyl groups is 2. The number of hydrogen-bond donors (Lipinski definition) is 4. The Morgan fingerprint density at radius 3 is 2.39 bits per heavy atom. The number of fused-ring (bicyclic) bond motifs is 11. The van der Waals surface area contributed by atoms with Crippen molar-refractivity contribution in [2.75, 3.05) is 13.1 Å². The first-order valence-corrected chi connectivity index (χ1v) is 20.7. The van der Waals surface area contributed by atoms with Gasteiger partial charge in [0.25, 0.3) is 0 Å². The molecule has 2 aliphatic heterocycles. The molecule has 56 heavy (non-hydrogen) atoms. The lowest BCUT2D eigenvalue weighted by Crippen LogP contribution is -2.62. The normalized spacial score (nSPS) is 36.1. The first kappa shape index (κ1) is 39.1. The van der Waals surface area contributed by atoms with Crippen molar-refractivity contribution >= 4 is 34.1 Å². The summed E-state index contributed by atoms with van der Waals surface area (Å²) in [6.07, 6.45) is 11.0. The molecule has 9 atom stereocenters. The summed E-state index contributed by atoms with van der Waals surface area (Å²) in [5.74, 6) is -0.0922. The fraction of sp³-hybridized carbons (Fsp3) is 0.596. The molecule has 9 heteroatoms. The summed E-state index contributed by atoms with van der Waals surface area (Å²) in [5, 5.41) is 30.7. The van der Waals surface area contributed by atoms with Crippen molar-refractivity contribution in [1.29, 1.82) is 0 Å². The maximum atomic E-state index is 14.9. The van der Waals surface area contributed by atoms with Crippen molar-refractivity contribution < 1.29 is 29.3 Å². The Bertz CT molecular complexity index is 2200. The Morgan fingerprint density at radius 2 is 1.71 bits per heavy atom. The molecule has 0 spiro atoms. The number of Topliss-reactive ketones (excluding diaryl/α,β-unsaturated/α-hetero) is 1. The van der Waals surface area contributed by atoms with Crippen LogP contribution in [0.3, 0.4) is 0 Å². The average Bonchev–Trinajstić information content (AvgIpc) is 3.77. The highest BCUT2D eigenvalue weighted by molar-refractivity contribution is 6.18. The van der Waals surface area contributed by atoms with Gasteiger partial charge in [-0.1, -0.05) is 51.2 Å². The zero-order chi connectivity index (χ0) is 40.7. The van der Waals surface area contributed by atoms with E-state index in [1.54, 1.807) is 6.92 Å². The number of allylic oxidation sites excluding steroid dienone is 3. The van der Waals surface area contributed by atoms with Gasteiger partial charge in [0, 0.05) is 59.0 Å². The number of benzene rings is 1. The number of ketones is 1. The molecule has 4 aliphatic carbocycles. The number of nitrogens with zero attached hydrogens (tertiary/aromatic N) is 1. The van der Waals surface area contributed by atoms with Crippen LogP contribution >= 0.6 is 0 Å². The molecular weight excluding hydrogens is 703 g/mol. The van der Waals surface area contributed by atoms with Gasteiger partial charge in [-0.05, 0) is 120 Å². The van der Waals surface area contributed by atoms with E-state index in [0.29, 0.717) is 36.6 Å². The van der Waals surface area contributed by atoms with Crippen LogP contribution in [0.2, 0.25) is 0 Å². The first-order chi connectivity index (χ1) is 26.1. The molecule has 2 aromatic rings. The van der Waals surface area contributed by atoms with Crippen LogP contribution in [0.1, 0.15) is 140 Å². The number of nitrogens with one attached hydrogen (secondary N) is 2. The lowest BCUT2D eigenvalue weighted by Gasteiger charge is -2.64. The van der Waals surface area contributed by atoms with Crippen LogP contribution in [-0.4, -0.2) is 62.8 Å².